The van der Waals surface area contributed by atoms with Crippen LogP contribution in [-0.4, -0.2) is 44.9 Å². The quantitative estimate of drug-likeness (QED) is 0.210. The smallest absolute Gasteiger partial charge is 0.261 e. The molecule has 5 heteroatoms. The third-order valence-corrected chi connectivity index (χ3v) is 14.6. The summed E-state index contributed by atoms with van der Waals surface area (Å²) in [5.41, 5.74) is 1.15. The van der Waals surface area contributed by atoms with E-state index in [4.69, 9.17) is 13.9 Å². The van der Waals surface area contributed by atoms with Gasteiger partial charge in [0.2, 0.25) is 0 Å². The molecule has 0 saturated carbocycles. The molecule has 43 heavy (non-hydrogen) atoms. The fourth-order valence-electron chi connectivity index (χ4n) is 7.07. The molecule has 7 atom stereocenters. The van der Waals surface area contributed by atoms with Gasteiger partial charge in [0.1, 0.15) is 0 Å². The molecule has 1 heterocycles. The normalized spacial score (nSPS) is 22.5. The molecular weight excluding hydrogens is 549 g/mol. The minimum atomic E-state index is -2.61. The Morgan fingerprint density at radius 2 is 1.37 bits per heavy atom. The van der Waals surface area contributed by atoms with Crippen molar-refractivity contribution >= 4 is 18.7 Å². The zero-order chi connectivity index (χ0) is 31.0. The molecule has 0 unspecified atom stereocenters. The maximum atomic E-state index is 10.1. The van der Waals surface area contributed by atoms with Crippen LogP contribution in [-0.2, 0) is 20.5 Å². The van der Waals surface area contributed by atoms with Crippen LogP contribution in [0.2, 0.25) is 5.04 Å². The van der Waals surface area contributed by atoms with E-state index in [2.05, 4.69) is 121 Å². The van der Waals surface area contributed by atoms with Crippen molar-refractivity contribution in [3.8, 4) is 0 Å². The largest absolute Gasteiger partial charge is 0.407 e. The lowest BCUT2D eigenvalue weighted by atomic mass is 9.79. The first-order chi connectivity index (χ1) is 20.6. The Morgan fingerprint density at radius 1 is 0.837 bits per heavy atom. The second-order valence-electron chi connectivity index (χ2n) is 13.9. The number of benzene rings is 3. The van der Waals surface area contributed by atoms with Crippen molar-refractivity contribution in [3.63, 3.8) is 0 Å². The summed E-state index contributed by atoms with van der Waals surface area (Å²) < 4.78 is 20.8. The average molecular weight is 603 g/mol. The lowest BCUT2D eigenvalue weighted by Crippen LogP contribution is -2.67. The first kappa shape index (κ1) is 33.6. The van der Waals surface area contributed by atoms with Crippen molar-refractivity contribution in [2.24, 2.45) is 23.7 Å². The van der Waals surface area contributed by atoms with Gasteiger partial charge in [-0.2, -0.15) is 0 Å². The van der Waals surface area contributed by atoms with Crippen LogP contribution >= 0.6 is 0 Å². The van der Waals surface area contributed by atoms with Gasteiger partial charge in [-0.05, 0) is 39.7 Å². The van der Waals surface area contributed by atoms with E-state index in [-0.39, 0.29) is 47.7 Å². The number of ether oxygens (including phenoxy) is 2. The van der Waals surface area contributed by atoms with E-state index >= 15 is 0 Å². The average Bonchev–Trinajstić information content (AvgIpc) is 3.02. The number of aliphatic hydroxyl groups excluding tert-OH is 1. The van der Waals surface area contributed by atoms with Crippen molar-refractivity contribution < 1.29 is 19.0 Å². The van der Waals surface area contributed by atoms with Crippen LogP contribution in [0.5, 0.6) is 0 Å². The first-order valence-electron chi connectivity index (χ1n) is 16.2. The van der Waals surface area contributed by atoms with Crippen LogP contribution in [0.1, 0.15) is 66.9 Å². The molecule has 0 amide bonds. The Kier molecular flexibility index (Phi) is 11.8. The molecular formula is C38H54O4Si. The SMILES string of the molecule is C[C@@H]([C@@H](OCc1ccccc1)[C@@H](C)CO)[C@H]1O[C@H]([C@H](C)CO[Si](c2ccccc2)(c2ccccc2)C(C)(C)C)CC[C@@H]1C. The second kappa shape index (κ2) is 15.1. The number of hydrogen-bond donors (Lipinski definition) is 1. The predicted molar refractivity (Wildman–Crippen MR) is 180 cm³/mol. The summed E-state index contributed by atoms with van der Waals surface area (Å²) >= 11 is 0. The molecule has 1 saturated heterocycles. The van der Waals surface area contributed by atoms with Crippen LogP contribution in [0.3, 0.4) is 0 Å². The molecule has 4 rings (SSSR count). The number of rotatable bonds is 13. The molecule has 3 aromatic rings. The van der Waals surface area contributed by atoms with Crippen molar-refractivity contribution in [1.82, 2.24) is 0 Å². The molecule has 1 fully saturated rings. The van der Waals surface area contributed by atoms with Gasteiger partial charge in [-0.1, -0.05) is 139 Å². The molecule has 3 aromatic carbocycles. The van der Waals surface area contributed by atoms with Crippen molar-refractivity contribution in [1.29, 1.82) is 0 Å². The van der Waals surface area contributed by atoms with E-state index < -0.39 is 8.32 Å². The fourth-order valence-corrected chi connectivity index (χ4v) is 11.7. The molecule has 0 radical (unpaired) electrons. The summed E-state index contributed by atoms with van der Waals surface area (Å²) in [6.45, 7) is 17.2. The first-order valence-corrected chi connectivity index (χ1v) is 18.2. The molecule has 1 N–H and O–H groups in total. The van der Waals surface area contributed by atoms with Crippen LogP contribution < -0.4 is 10.4 Å². The molecule has 0 aliphatic carbocycles. The van der Waals surface area contributed by atoms with Gasteiger partial charge in [0.15, 0.2) is 0 Å². The Labute approximate surface area is 261 Å². The van der Waals surface area contributed by atoms with Gasteiger partial charge < -0.3 is 19.0 Å². The maximum Gasteiger partial charge on any atom is 0.261 e. The summed E-state index contributed by atoms with van der Waals surface area (Å²) in [6, 6.07) is 32.0. The third kappa shape index (κ3) is 7.87. The minimum Gasteiger partial charge on any atom is -0.407 e. The summed E-state index contributed by atoms with van der Waals surface area (Å²) in [5.74, 6) is 0.826. The van der Waals surface area contributed by atoms with Crippen molar-refractivity contribution in [3.05, 3.63) is 96.6 Å². The van der Waals surface area contributed by atoms with Crippen molar-refractivity contribution in [2.45, 2.75) is 91.3 Å². The molecule has 1 aliphatic rings. The minimum absolute atomic E-state index is 0.0193. The standard InChI is InChI=1S/C38H54O4Si/c1-28-23-24-35(42-37(28)31(4)36(29(2)25-39)40-27-32-17-11-8-12-18-32)30(3)26-41-43(38(5,6)7,33-19-13-9-14-20-33)34-21-15-10-16-22-34/h8-22,28-31,35-37,39H,23-27H2,1-7H3/t28-,29-,30+,31-,35-,36-,37-/m0/s1. The summed E-state index contributed by atoms with van der Waals surface area (Å²) in [6.07, 6.45) is 2.22. The van der Waals surface area contributed by atoms with Gasteiger partial charge in [-0.15, -0.1) is 0 Å². The van der Waals surface area contributed by atoms with E-state index in [1.807, 2.05) is 18.2 Å². The van der Waals surface area contributed by atoms with Crippen molar-refractivity contribution in [2.75, 3.05) is 13.2 Å². The Morgan fingerprint density at radius 3 is 1.88 bits per heavy atom. The third-order valence-electron chi connectivity index (χ3n) is 9.58. The Bertz CT molecular complexity index is 1170. The van der Waals surface area contributed by atoms with Crippen LogP contribution in [0.4, 0.5) is 0 Å². The Balaban J connectivity index is 1.52. The van der Waals surface area contributed by atoms with Crippen LogP contribution in [0.15, 0.2) is 91.0 Å². The number of hydrogen-bond acceptors (Lipinski definition) is 4. The van der Waals surface area contributed by atoms with E-state index in [9.17, 15) is 5.11 Å². The highest BCUT2D eigenvalue weighted by Crippen LogP contribution is 2.39. The van der Waals surface area contributed by atoms with E-state index in [1.54, 1.807) is 0 Å². The topological polar surface area (TPSA) is 47.9 Å². The highest BCUT2D eigenvalue weighted by atomic mass is 28.4. The monoisotopic (exact) mass is 602 g/mol. The van der Waals surface area contributed by atoms with E-state index in [0.717, 1.165) is 18.4 Å². The molecule has 1 aliphatic heterocycles. The van der Waals surface area contributed by atoms with Gasteiger partial charge in [0, 0.05) is 31.0 Å². The molecule has 0 aromatic heterocycles. The van der Waals surface area contributed by atoms with Gasteiger partial charge in [-0.3, -0.25) is 0 Å². The summed E-state index contributed by atoms with van der Waals surface area (Å²) in [7, 11) is -2.61. The highest BCUT2D eigenvalue weighted by molar-refractivity contribution is 6.99. The van der Waals surface area contributed by atoms with E-state index in [1.165, 1.54) is 10.4 Å². The van der Waals surface area contributed by atoms with Gasteiger partial charge in [-0.25, -0.2) is 0 Å². The molecule has 234 valence electrons. The van der Waals surface area contributed by atoms with E-state index in [0.29, 0.717) is 19.1 Å². The summed E-state index contributed by atoms with van der Waals surface area (Å²) in [5, 5.41) is 12.7. The zero-order valence-electron chi connectivity index (χ0n) is 27.4. The number of aliphatic hydroxyl groups is 1. The molecule has 0 spiro atoms. The fraction of sp³-hybridized carbons (Fsp3) is 0.526. The second-order valence-corrected chi connectivity index (χ2v) is 18.2. The predicted octanol–water partition coefficient (Wildman–Crippen LogP) is 7.23. The zero-order valence-corrected chi connectivity index (χ0v) is 28.4. The lowest BCUT2D eigenvalue weighted by Gasteiger charge is -2.46. The molecule has 4 nitrogen and oxygen atoms in total. The van der Waals surface area contributed by atoms with Crippen LogP contribution in [0.25, 0.3) is 0 Å². The van der Waals surface area contributed by atoms with Gasteiger partial charge >= 0.3 is 0 Å². The Hall–Kier alpha value is -2.28. The van der Waals surface area contributed by atoms with Gasteiger partial charge in [0.05, 0.1) is 24.9 Å². The highest BCUT2D eigenvalue weighted by Gasteiger charge is 2.50. The van der Waals surface area contributed by atoms with Gasteiger partial charge in [0.25, 0.3) is 8.32 Å². The molecule has 0 bridgehead atoms. The summed E-state index contributed by atoms with van der Waals surface area (Å²) in [4.78, 5) is 0. The lowest BCUT2D eigenvalue weighted by molar-refractivity contribution is -0.161. The van der Waals surface area contributed by atoms with Crippen LogP contribution in [0, 0.1) is 23.7 Å². The maximum absolute atomic E-state index is 10.1.